The topological polar surface area (TPSA) is 57.0 Å². The lowest BCUT2D eigenvalue weighted by Gasteiger charge is -2.13. The van der Waals surface area contributed by atoms with Gasteiger partial charge in [-0.05, 0) is 29.3 Å². The first-order chi connectivity index (χ1) is 16.4. The molecule has 0 radical (unpaired) electrons. The zero-order chi connectivity index (χ0) is 24.0. The lowest BCUT2D eigenvalue weighted by Crippen LogP contribution is -2.10. The van der Waals surface area contributed by atoms with Crippen LogP contribution >= 0.6 is 11.8 Å². The van der Waals surface area contributed by atoms with E-state index in [0.717, 1.165) is 35.0 Å². The van der Waals surface area contributed by atoms with Crippen LogP contribution in [-0.4, -0.2) is 26.5 Å². The van der Waals surface area contributed by atoms with E-state index in [9.17, 15) is 18.0 Å². The Balaban J connectivity index is 1.56. The number of carbonyl (C=O) groups excluding carboxylic acids is 1. The Morgan fingerprint density at radius 1 is 0.882 bits per heavy atom. The van der Waals surface area contributed by atoms with Gasteiger partial charge in [0, 0.05) is 6.42 Å². The van der Waals surface area contributed by atoms with Crippen LogP contribution in [0, 0.1) is 0 Å². The summed E-state index contributed by atoms with van der Waals surface area (Å²) in [6.45, 7) is 0.139. The van der Waals surface area contributed by atoms with Gasteiger partial charge in [0.15, 0.2) is 5.16 Å². The minimum absolute atomic E-state index is 0.0603. The Morgan fingerprint density at radius 2 is 1.56 bits per heavy atom. The van der Waals surface area contributed by atoms with E-state index in [1.807, 2.05) is 60.7 Å². The van der Waals surface area contributed by atoms with Gasteiger partial charge in [-0.25, -0.2) is 0 Å². The van der Waals surface area contributed by atoms with E-state index in [2.05, 4.69) is 10.2 Å². The van der Waals surface area contributed by atoms with Crippen molar-refractivity contribution in [2.24, 2.45) is 0 Å². The average Bonchev–Trinajstić information content (AvgIpc) is 3.24. The molecule has 4 aromatic rings. The van der Waals surface area contributed by atoms with Gasteiger partial charge in [0.2, 0.25) is 0 Å². The molecule has 1 aromatic heterocycles. The molecule has 9 heteroatoms. The molecule has 4 rings (SSSR count). The summed E-state index contributed by atoms with van der Waals surface area (Å²) in [5.41, 5.74) is 1.29. The second-order valence-corrected chi connectivity index (χ2v) is 8.32. The molecule has 174 valence electrons. The lowest BCUT2D eigenvalue weighted by atomic mass is 10.1. The van der Waals surface area contributed by atoms with Gasteiger partial charge in [-0.3, -0.25) is 9.36 Å². The molecule has 0 N–H and O–H groups in total. The first-order valence-electron chi connectivity index (χ1n) is 10.4. The van der Waals surface area contributed by atoms with E-state index in [0.29, 0.717) is 17.4 Å². The normalized spacial score (nSPS) is 11.4. The van der Waals surface area contributed by atoms with Gasteiger partial charge in [0.1, 0.15) is 12.4 Å². The molecule has 1 heterocycles. The molecule has 0 amide bonds. The minimum Gasteiger partial charge on any atom is -0.460 e. The van der Waals surface area contributed by atoms with E-state index >= 15 is 0 Å². The molecule has 5 nitrogen and oxygen atoms in total. The van der Waals surface area contributed by atoms with Crippen molar-refractivity contribution < 1.29 is 22.7 Å². The first kappa shape index (κ1) is 23.6. The van der Waals surface area contributed by atoms with Crippen molar-refractivity contribution in [2.75, 3.05) is 5.75 Å². The highest BCUT2D eigenvalue weighted by Crippen LogP contribution is 2.32. The number of hydrogen-bond donors (Lipinski definition) is 0. The molecule has 3 aromatic carbocycles. The van der Waals surface area contributed by atoms with Crippen molar-refractivity contribution in [3.63, 3.8) is 0 Å². The predicted molar refractivity (Wildman–Crippen MR) is 123 cm³/mol. The molecule has 34 heavy (non-hydrogen) atoms. The Labute approximate surface area is 198 Å². The molecular weight excluding hydrogens is 463 g/mol. The second-order valence-electron chi connectivity index (χ2n) is 7.38. The van der Waals surface area contributed by atoms with Gasteiger partial charge >= 0.3 is 12.1 Å². The summed E-state index contributed by atoms with van der Waals surface area (Å²) in [7, 11) is 0. The van der Waals surface area contributed by atoms with Crippen molar-refractivity contribution >= 4 is 17.7 Å². The summed E-state index contributed by atoms with van der Waals surface area (Å²) < 4.78 is 46.8. The van der Waals surface area contributed by atoms with Gasteiger partial charge in [-0.1, -0.05) is 78.5 Å². The average molecular weight is 484 g/mol. The highest BCUT2D eigenvalue weighted by atomic mass is 32.2. The summed E-state index contributed by atoms with van der Waals surface area (Å²) >= 11 is 1.06. The van der Waals surface area contributed by atoms with Crippen LogP contribution in [0.25, 0.3) is 5.69 Å². The van der Waals surface area contributed by atoms with Gasteiger partial charge in [-0.15, -0.1) is 10.2 Å². The third-order valence-corrected chi connectivity index (χ3v) is 5.80. The van der Waals surface area contributed by atoms with Gasteiger partial charge in [0.25, 0.3) is 0 Å². The number of carbonyl (C=O) groups is 1. The maximum absolute atomic E-state index is 13.3. The van der Waals surface area contributed by atoms with Crippen LogP contribution in [0.1, 0.15) is 22.5 Å². The van der Waals surface area contributed by atoms with Crippen LogP contribution in [0.4, 0.5) is 13.2 Å². The number of ether oxygens (including phenoxy) is 1. The molecule has 0 aliphatic carbocycles. The molecule has 0 saturated heterocycles. The molecule has 0 saturated carbocycles. The molecular formula is C25H20F3N3O2S. The fourth-order valence-electron chi connectivity index (χ4n) is 3.27. The zero-order valence-corrected chi connectivity index (χ0v) is 18.7. The summed E-state index contributed by atoms with van der Waals surface area (Å²) in [5, 5.41) is 8.67. The van der Waals surface area contributed by atoms with Crippen molar-refractivity contribution in [2.45, 2.75) is 24.4 Å². The van der Waals surface area contributed by atoms with Gasteiger partial charge < -0.3 is 4.74 Å². The van der Waals surface area contributed by atoms with Crippen LogP contribution in [0.15, 0.2) is 90.1 Å². The van der Waals surface area contributed by atoms with Crippen molar-refractivity contribution in [1.82, 2.24) is 14.8 Å². The highest BCUT2D eigenvalue weighted by Gasteiger charge is 2.31. The lowest BCUT2D eigenvalue weighted by molar-refractivity contribution is -0.141. The number of thioether (sulfide) groups is 1. The number of benzene rings is 3. The number of aromatic nitrogens is 3. The first-order valence-corrected chi connectivity index (χ1v) is 11.4. The van der Waals surface area contributed by atoms with E-state index in [-0.39, 0.29) is 18.0 Å². The number of hydrogen-bond acceptors (Lipinski definition) is 5. The molecule has 0 atom stereocenters. The highest BCUT2D eigenvalue weighted by molar-refractivity contribution is 7.99. The third-order valence-electron chi connectivity index (χ3n) is 4.90. The van der Waals surface area contributed by atoms with Crippen molar-refractivity contribution in [1.29, 1.82) is 0 Å². The quantitative estimate of drug-likeness (QED) is 0.237. The van der Waals surface area contributed by atoms with Crippen molar-refractivity contribution in [3.05, 3.63) is 107 Å². The largest absolute Gasteiger partial charge is 0.460 e. The maximum Gasteiger partial charge on any atom is 0.416 e. The number of rotatable bonds is 8. The third kappa shape index (κ3) is 6.05. The second kappa shape index (κ2) is 10.6. The van der Waals surface area contributed by atoms with E-state index in [1.165, 1.54) is 6.07 Å². The minimum atomic E-state index is -4.49. The molecule has 0 aliphatic rings. The summed E-state index contributed by atoms with van der Waals surface area (Å²) in [6.07, 6.45) is -4.12. The molecule has 0 spiro atoms. The molecule has 0 aliphatic heterocycles. The molecule has 0 bridgehead atoms. The van der Waals surface area contributed by atoms with Gasteiger partial charge in [0.05, 0.1) is 17.0 Å². The van der Waals surface area contributed by atoms with Crippen LogP contribution in [0.3, 0.4) is 0 Å². The fraction of sp³-hybridized carbons (Fsp3) is 0.160. The van der Waals surface area contributed by atoms with Crippen LogP contribution < -0.4 is 0 Å². The number of nitrogens with zero attached hydrogens (tertiary/aromatic N) is 3. The zero-order valence-electron chi connectivity index (χ0n) is 17.9. The summed E-state index contributed by atoms with van der Waals surface area (Å²) in [5.74, 6) is -0.0577. The Morgan fingerprint density at radius 3 is 2.24 bits per heavy atom. The smallest absolute Gasteiger partial charge is 0.416 e. The Hall–Kier alpha value is -3.59. The Bertz CT molecular complexity index is 1250. The summed E-state index contributed by atoms with van der Waals surface area (Å²) in [4.78, 5) is 12.3. The Kier molecular flexibility index (Phi) is 7.32. The number of esters is 1. The van der Waals surface area contributed by atoms with Crippen LogP contribution in [0.5, 0.6) is 0 Å². The van der Waals surface area contributed by atoms with Gasteiger partial charge in [-0.2, -0.15) is 13.2 Å². The predicted octanol–water partition coefficient (Wildman–Crippen LogP) is 5.71. The van der Waals surface area contributed by atoms with Crippen LogP contribution in [0.2, 0.25) is 0 Å². The summed E-state index contributed by atoms with van der Waals surface area (Å²) in [6, 6.07) is 23.7. The number of halogens is 3. The molecule has 0 fully saturated rings. The monoisotopic (exact) mass is 483 g/mol. The van der Waals surface area contributed by atoms with E-state index in [1.54, 1.807) is 10.6 Å². The van der Waals surface area contributed by atoms with E-state index < -0.39 is 17.7 Å². The van der Waals surface area contributed by atoms with E-state index in [4.69, 9.17) is 4.74 Å². The number of alkyl halides is 3. The molecule has 0 unspecified atom stereocenters. The maximum atomic E-state index is 13.3. The standard InChI is InChI=1S/C25H20F3N3O2S/c26-25(27,28)20-12-7-13-21(15-20)31-22(14-18-8-3-1-4-9-18)29-30-24(31)34-17-23(32)33-16-19-10-5-2-6-11-19/h1-13,15H,14,16-17H2. The SMILES string of the molecule is O=C(CSc1nnc(Cc2ccccc2)n1-c1cccc(C(F)(F)F)c1)OCc1ccccc1. The van der Waals surface area contributed by atoms with Crippen molar-refractivity contribution in [3.8, 4) is 5.69 Å². The van der Waals surface area contributed by atoms with Crippen LogP contribution in [-0.2, 0) is 28.7 Å². The fourth-order valence-corrected chi connectivity index (χ4v) is 4.04.